The van der Waals surface area contributed by atoms with Crippen molar-refractivity contribution in [2.75, 3.05) is 6.54 Å². The second-order valence-electron chi connectivity index (χ2n) is 6.85. The van der Waals surface area contributed by atoms with Gasteiger partial charge in [0.1, 0.15) is 4.70 Å². The lowest BCUT2D eigenvalue weighted by atomic mass is 9.90. The third-order valence-corrected chi connectivity index (χ3v) is 6.06. The molecule has 0 aliphatic heterocycles. The van der Waals surface area contributed by atoms with Crippen molar-refractivity contribution in [1.29, 1.82) is 5.26 Å². The Bertz CT molecular complexity index is 1260. The summed E-state index contributed by atoms with van der Waals surface area (Å²) in [4.78, 5) is 15.5. The SMILES string of the molecule is Cc1cc(C#N)c(-c2ccc(C(C)CN)cc2)c2c1[nH]c(=O)c1sccc12. The standard InChI is InChI=1S/C22H19N3OS/c1-12-9-16(11-24)18(15-5-3-14(4-6-15)13(2)10-23)19-17-7-8-27-21(17)22(26)25-20(12)19/h3-9,13H,10,23H2,1-2H3,(H,25,26). The number of aryl methyl sites for hydroxylation is 1. The van der Waals surface area contributed by atoms with Crippen molar-refractivity contribution in [2.24, 2.45) is 5.73 Å². The van der Waals surface area contributed by atoms with Gasteiger partial charge in [-0.1, -0.05) is 31.2 Å². The summed E-state index contributed by atoms with van der Waals surface area (Å²) in [6.45, 7) is 4.61. The predicted molar refractivity (Wildman–Crippen MR) is 112 cm³/mol. The van der Waals surface area contributed by atoms with Crippen LogP contribution in [0.3, 0.4) is 0 Å². The van der Waals surface area contributed by atoms with Crippen LogP contribution in [-0.2, 0) is 0 Å². The van der Waals surface area contributed by atoms with E-state index >= 15 is 0 Å². The average Bonchev–Trinajstić information content (AvgIpc) is 3.18. The number of benzene rings is 2. The van der Waals surface area contributed by atoms with Crippen molar-refractivity contribution in [3.8, 4) is 17.2 Å². The van der Waals surface area contributed by atoms with Gasteiger partial charge in [-0.3, -0.25) is 4.79 Å². The number of rotatable bonds is 3. The van der Waals surface area contributed by atoms with Gasteiger partial charge in [0, 0.05) is 16.3 Å². The molecule has 0 fully saturated rings. The Labute approximate surface area is 160 Å². The minimum atomic E-state index is -0.0848. The van der Waals surface area contributed by atoms with E-state index in [-0.39, 0.29) is 11.5 Å². The summed E-state index contributed by atoms with van der Waals surface area (Å²) >= 11 is 1.42. The molecule has 2 aromatic carbocycles. The van der Waals surface area contributed by atoms with Crippen LogP contribution < -0.4 is 11.3 Å². The number of aromatic nitrogens is 1. The number of aromatic amines is 1. The summed E-state index contributed by atoms with van der Waals surface area (Å²) in [7, 11) is 0. The van der Waals surface area contributed by atoms with E-state index in [1.165, 1.54) is 16.9 Å². The lowest BCUT2D eigenvalue weighted by molar-refractivity contribution is 0.774. The van der Waals surface area contributed by atoms with Gasteiger partial charge in [0.2, 0.25) is 0 Å². The highest BCUT2D eigenvalue weighted by Crippen LogP contribution is 2.38. The summed E-state index contributed by atoms with van der Waals surface area (Å²) in [6.07, 6.45) is 0. The van der Waals surface area contributed by atoms with E-state index in [4.69, 9.17) is 5.73 Å². The highest BCUT2D eigenvalue weighted by atomic mass is 32.1. The second kappa shape index (κ2) is 6.66. The van der Waals surface area contributed by atoms with Gasteiger partial charge in [-0.2, -0.15) is 5.26 Å². The Morgan fingerprint density at radius 2 is 2.00 bits per heavy atom. The van der Waals surface area contributed by atoms with Crippen LogP contribution >= 0.6 is 11.3 Å². The van der Waals surface area contributed by atoms with E-state index in [0.29, 0.717) is 16.8 Å². The molecule has 3 N–H and O–H groups in total. The first-order chi connectivity index (χ1) is 13.0. The first-order valence-corrected chi connectivity index (χ1v) is 9.70. The zero-order valence-electron chi connectivity index (χ0n) is 15.2. The lowest BCUT2D eigenvalue weighted by Crippen LogP contribution is -2.08. The van der Waals surface area contributed by atoms with E-state index in [9.17, 15) is 10.1 Å². The molecule has 1 unspecified atom stereocenters. The smallest absolute Gasteiger partial charge is 0.266 e. The molecule has 1 atom stereocenters. The maximum Gasteiger partial charge on any atom is 0.266 e. The largest absolute Gasteiger partial charge is 0.330 e. The summed E-state index contributed by atoms with van der Waals surface area (Å²) in [6, 6.07) is 14.4. The van der Waals surface area contributed by atoms with E-state index in [1.807, 2.05) is 36.6 Å². The Kier molecular flexibility index (Phi) is 4.31. The minimum Gasteiger partial charge on any atom is -0.330 e. The van der Waals surface area contributed by atoms with Crippen LogP contribution in [0.5, 0.6) is 0 Å². The molecule has 5 heteroatoms. The molecule has 0 amide bonds. The number of H-pyrrole nitrogens is 1. The molecular formula is C22H19N3OS. The first-order valence-electron chi connectivity index (χ1n) is 8.82. The third kappa shape index (κ3) is 2.74. The Morgan fingerprint density at radius 3 is 2.67 bits per heavy atom. The number of thiophene rings is 1. The highest BCUT2D eigenvalue weighted by Gasteiger charge is 2.17. The molecule has 0 saturated heterocycles. The second-order valence-corrected chi connectivity index (χ2v) is 7.77. The number of nitriles is 1. The number of nitrogens with one attached hydrogen (secondary N) is 1. The molecule has 27 heavy (non-hydrogen) atoms. The Morgan fingerprint density at radius 1 is 1.26 bits per heavy atom. The lowest BCUT2D eigenvalue weighted by Gasteiger charge is -2.14. The fraction of sp³-hybridized carbons (Fsp3) is 0.182. The topological polar surface area (TPSA) is 82.7 Å². The summed E-state index contributed by atoms with van der Waals surface area (Å²) < 4.78 is 0.687. The van der Waals surface area contributed by atoms with Crippen molar-refractivity contribution in [3.05, 3.63) is 68.8 Å². The van der Waals surface area contributed by atoms with Gasteiger partial charge in [0.15, 0.2) is 0 Å². The van der Waals surface area contributed by atoms with Gasteiger partial charge in [0.25, 0.3) is 5.56 Å². The normalized spacial score (nSPS) is 12.4. The Balaban J connectivity index is 2.10. The molecule has 2 heterocycles. The van der Waals surface area contributed by atoms with Crippen molar-refractivity contribution in [3.63, 3.8) is 0 Å². The predicted octanol–water partition coefficient (Wildman–Crippen LogP) is 4.65. The van der Waals surface area contributed by atoms with Crippen LogP contribution in [0.15, 0.2) is 46.6 Å². The van der Waals surface area contributed by atoms with Crippen LogP contribution in [0.1, 0.15) is 29.5 Å². The fourth-order valence-electron chi connectivity index (χ4n) is 3.60. The quantitative estimate of drug-likeness (QED) is 0.548. The summed E-state index contributed by atoms with van der Waals surface area (Å²) in [5, 5.41) is 13.5. The number of nitrogens with two attached hydrogens (primary N) is 1. The molecule has 4 nitrogen and oxygen atoms in total. The maximum absolute atomic E-state index is 12.4. The Hall–Kier alpha value is -2.94. The zero-order chi connectivity index (χ0) is 19.1. The van der Waals surface area contributed by atoms with Crippen molar-refractivity contribution in [2.45, 2.75) is 19.8 Å². The minimum absolute atomic E-state index is 0.0848. The molecule has 0 radical (unpaired) electrons. The number of pyridine rings is 1. The van der Waals surface area contributed by atoms with Crippen LogP contribution in [0.25, 0.3) is 32.1 Å². The maximum atomic E-state index is 12.4. The fourth-order valence-corrected chi connectivity index (χ4v) is 4.40. The van der Waals surface area contributed by atoms with Gasteiger partial charge in [-0.05, 0) is 53.6 Å². The molecule has 0 spiro atoms. The molecular weight excluding hydrogens is 354 g/mol. The molecule has 0 aliphatic rings. The zero-order valence-corrected chi connectivity index (χ0v) is 16.0. The van der Waals surface area contributed by atoms with Gasteiger partial charge in [-0.15, -0.1) is 11.3 Å². The van der Waals surface area contributed by atoms with Gasteiger partial charge in [0.05, 0.1) is 17.1 Å². The molecule has 0 saturated carbocycles. The number of hydrogen-bond donors (Lipinski definition) is 2. The van der Waals surface area contributed by atoms with Crippen molar-refractivity contribution in [1.82, 2.24) is 4.98 Å². The average molecular weight is 373 g/mol. The van der Waals surface area contributed by atoms with E-state index in [1.54, 1.807) is 0 Å². The molecule has 4 aromatic rings. The molecule has 134 valence electrons. The monoisotopic (exact) mass is 373 g/mol. The summed E-state index contributed by atoms with van der Waals surface area (Å²) in [5.41, 5.74) is 11.0. The highest BCUT2D eigenvalue weighted by molar-refractivity contribution is 7.17. The van der Waals surface area contributed by atoms with Gasteiger partial charge >= 0.3 is 0 Å². The van der Waals surface area contributed by atoms with Crippen LogP contribution in [-0.4, -0.2) is 11.5 Å². The van der Waals surface area contributed by atoms with Crippen molar-refractivity contribution >= 4 is 32.3 Å². The number of fused-ring (bicyclic) bond motifs is 3. The van der Waals surface area contributed by atoms with E-state index in [2.05, 4.69) is 30.1 Å². The molecule has 0 bridgehead atoms. The van der Waals surface area contributed by atoms with Crippen LogP contribution in [0, 0.1) is 18.3 Å². The third-order valence-electron chi connectivity index (χ3n) is 5.15. The van der Waals surface area contributed by atoms with Gasteiger partial charge < -0.3 is 10.7 Å². The van der Waals surface area contributed by atoms with Crippen LogP contribution in [0.4, 0.5) is 0 Å². The van der Waals surface area contributed by atoms with Gasteiger partial charge in [-0.25, -0.2) is 0 Å². The molecule has 0 aliphatic carbocycles. The van der Waals surface area contributed by atoms with Crippen molar-refractivity contribution < 1.29 is 0 Å². The molecule has 4 rings (SSSR count). The van der Waals surface area contributed by atoms with Crippen LogP contribution in [0.2, 0.25) is 0 Å². The molecule has 2 aromatic heterocycles. The van der Waals surface area contributed by atoms with E-state index < -0.39 is 0 Å². The first kappa shape index (κ1) is 17.5. The number of nitrogens with zero attached hydrogens (tertiary/aromatic N) is 1. The number of hydrogen-bond acceptors (Lipinski definition) is 4. The van der Waals surface area contributed by atoms with E-state index in [0.717, 1.165) is 33.0 Å². The summed E-state index contributed by atoms with van der Waals surface area (Å²) in [5.74, 6) is 0.282.